The second kappa shape index (κ2) is 5.06. The Hall–Kier alpha value is -0.180. The molecule has 1 atom stereocenters. The van der Waals surface area contributed by atoms with E-state index in [0.717, 1.165) is 37.8 Å². The molecule has 0 spiro atoms. The standard InChI is InChI=1S/C11H21NOS/c1-8(2)10-4-6-12(7-5-10)11(13)9(3)14/h8-10,14H,4-7H2,1-3H3. The maximum atomic E-state index is 11.6. The van der Waals surface area contributed by atoms with Gasteiger partial charge in [0.05, 0.1) is 5.25 Å². The summed E-state index contributed by atoms with van der Waals surface area (Å²) in [6.07, 6.45) is 2.31. The zero-order valence-electron chi connectivity index (χ0n) is 9.36. The SMILES string of the molecule is CC(S)C(=O)N1CCC(C(C)C)CC1. The topological polar surface area (TPSA) is 20.3 Å². The fraction of sp³-hybridized carbons (Fsp3) is 0.909. The Morgan fingerprint density at radius 3 is 2.14 bits per heavy atom. The minimum atomic E-state index is -0.148. The van der Waals surface area contributed by atoms with Crippen LogP contribution in [-0.4, -0.2) is 29.1 Å². The summed E-state index contributed by atoms with van der Waals surface area (Å²) in [6.45, 7) is 8.23. The van der Waals surface area contributed by atoms with Crippen LogP contribution < -0.4 is 0 Å². The van der Waals surface area contributed by atoms with Gasteiger partial charge in [-0.3, -0.25) is 4.79 Å². The van der Waals surface area contributed by atoms with Crippen LogP contribution in [0.15, 0.2) is 0 Å². The van der Waals surface area contributed by atoms with Crippen LogP contribution >= 0.6 is 12.6 Å². The molecule has 0 radical (unpaired) electrons. The highest BCUT2D eigenvalue weighted by Crippen LogP contribution is 2.24. The van der Waals surface area contributed by atoms with Gasteiger partial charge in [0.2, 0.25) is 5.91 Å². The van der Waals surface area contributed by atoms with Crippen molar-refractivity contribution in [3.8, 4) is 0 Å². The lowest BCUT2D eigenvalue weighted by Crippen LogP contribution is -2.42. The Morgan fingerprint density at radius 2 is 1.79 bits per heavy atom. The lowest BCUT2D eigenvalue weighted by Gasteiger charge is -2.34. The fourth-order valence-corrected chi connectivity index (χ4v) is 2.21. The maximum absolute atomic E-state index is 11.6. The molecule has 1 aliphatic heterocycles. The van der Waals surface area contributed by atoms with Crippen molar-refractivity contribution in [2.75, 3.05) is 13.1 Å². The molecular formula is C11H21NOS. The molecule has 14 heavy (non-hydrogen) atoms. The van der Waals surface area contributed by atoms with Crippen molar-refractivity contribution < 1.29 is 4.79 Å². The van der Waals surface area contributed by atoms with Crippen molar-refractivity contribution in [1.82, 2.24) is 4.90 Å². The normalized spacial score (nSPS) is 21.4. The number of hydrogen-bond donors (Lipinski definition) is 1. The molecule has 1 saturated heterocycles. The lowest BCUT2D eigenvalue weighted by atomic mass is 9.86. The molecule has 1 unspecified atom stereocenters. The summed E-state index contributed by atoms with van der Waals surface area (Å²) >= 11 is 4.18. The minimum Gasteiger partial charge on any atom is -0.342 e. The first-order valence-electron chi connectivity index (χ1n) is 5.49. The molecule has 0 aromatic carbocycles. The van der Waals surface area contributed by atoms with Gasteiger partial charge < -0.3 is 4.90 Å². The van der Waals surface area contributed by atoms with Crippen LogP contribution in [0.3, 0.4) is 0 Å². The highest BCUT2D eigenvalue weighted by molar-refractivity contribution is 7.81. The van der Waals surface area contributed by atoms with Gasteiger partial charge in [-0.15, -0.1) is 0 Å². The van der Waals surface area contributed by atoms with Crippen molar-refractivity contribution in [2.24, 2.45) is 11.8 Å². The molecule has 82 valence electrons. The minimum absolute atomic E-state index is 0.148. The summed E-state index contributed by atoms with van der Waals surface area (Å²) in [5, 5.41) is -0.148. The van der Waals surface area contributed by atoms with E-state index in [1.54, 1.807) is 0 Å². The molecular weight excluding hydrogens is 194 g/mol. The predicted octanol–water partition coefficient (Wildman–Crippen LogP) is 2.20. The van der Waals surface area contributed by atoms with Gasteiger partial charge >= 0.3 is 0 Å². The van der Waals surface area contributed by atoms with Crippen molar-refractivity contribution in [2.45, 2.75) is 38.9 Å². The highest BCUT2D eigenvalue weighted by atomic mass is 32.1. The Morgan fingerprint density at radius 1 is 1.29 bits per heavy atom. The smallest absolute Gasteiger partial charge is 0.235 e. The molecule has 1 amide bonds. The number of carbonyl (C=O) groups excluding carboxylic acids is 1. The van der Waals surface area contributed by atoms with E-state index in [4.69, 9.17) is 0 Å². The molecule has 0 aliphatic carbocycles. The lowest BCUT2D eigenvalue weighted by molar-refractivity contribution is -0.131. The highest BCUT2D eigenvalue weighted by Gasteiger charge is 2.25. The first-order chi connectivity index (χ1) is 6.52. The van der Waals surface area contributed by atoms with Crippen molar-refractivity contribution in [3.05, 3.63) is 0 Å². The predicted molar refractivity (Wildman–Crippen MR) is 62.6 cm³/mol. The molecule has 0 aromatic rings. The molecule has 1 aliphatic rings. The van der Waals surface area contributed by atoms with Crippen LogP contribution in [-0.2, 0) is 4.79 Å². The van der Waals surface area contributed by atoms with Gasteiger partial charge in [-0.05, 0) is 31.6 Å². The third-order valence-electron chi connectivity index (χ3n) is 3.15. The Bertz CT molecular complexity index is 195. The number of carbonyl (C=O) groups is 1. The Labute approximate surface area is 92.5 Å². The third kappa shape index (κ3) is 2.91. The van der Waals surface area contributed by atoms with Crippen LogP contribution in [0.4, 0.5) is 0 Å². The number of nitrogens with zero attached hydrogens (tertiary/aromatic N) is 1. The zero-order valence-corrected chi connectivity index (χ0v) is 10.3. The second-order valence-corrected chi connectivity index (χ2v) is 5.36. The average Bonchev–Trinajstić information content (AvgIpc) is 2.16. The van der Waals surface area contributed by atoms with Crippen molar-refractivity contribution >= 4 is 18.5 Å². The van der Waals surface area contributed by atoms with Crippen LogP contribution in [0.2, 0.25) is 0 Å². The molecule has 1 rings (SSSR count). The van der Waals surface area contributed by atoms with Gasteiger partial charge in [-0.25, -0.2) is 0 Å². The van der Waals surface area contributed by atoms with E-state index in [0.29, 0.717) is 0 Å². The molecule has 0 saturated carbocycles. The van der Waals surface area contributed by atoms with Gasteiger partial charge in [0.1, 0.15) is 0 Å². The van der Waals surface area contributed by atoms with Crippen molar-refractivity contribution in [1.29, 1.82) is 0 Å². The number of hydrogen-bond acceptors (Lipinski definition) is 2. The van der Waals surface area contributed by atoms with Gasteiger partial charge in [-0.1, -0.05) is 13.8 Å². The fourth-order valence-electron chi connectivity index (χ4n) is 2.05. The van der Waals surface area contributed by atoms with Gasteiger partial charge in [0.15, 0.2) is 0 Å². The molecule has 1 heterocycles. The molecule has 0 bridgehead atoms. The summed E-state index contributed by atoms with van der Waals surface area (Å²) in [5.74, 6) is 1.74. The zero-order chi connectivity index (χ0) is 10.7. The summed E-state index contributed by atoms with van der Waals surface area (Å²) < 4.78 is 0. The van der Waals surface area contributed by atoms with Gasteiger partial charge in [0, 0.05) is 13.1 Å². The first kappa shape index (κ1) is 11.9. The van der Waals surface area contributed by atoms with Crippen molar-refractivity contribution in [3.63, 3.8) is 0 Å². The number of likely N-dealkylation sites (tertiary alicyclic amines) is 1. The molecule has 0 aromatic heterocycles. The number of piperidine rings is 1. The largest absolute Gasteiger partial charge is 0.342 e. The second-order valence-electron chi connectivity index (χ2n) is 4.58. The summed E-state index contributed by atoms with van der Waals surface area (Å²) in [6, 6.07) is 0. The monoisotopic (exact) mass is 215 g/mol. The van der Waals surface area contributed by atoms with E-state index in [-0.39, 0.29) is 11.2 Å². The van der Waals surface area contributed by atoms with E-state index in [1.165, 1.54) is 0 Å². The summed E-state index contributed by atoms with van der Waals surface area (Å²) in [7, 11) is 0. The first-order valence-corrected chi connectivity index (χ1v) is 6.01. The number of thiol groups is 1. The number of rotatable bonds is 2. The van der Waals surface area contributed by atoms with E-state index < -0.39 is 0 Å². The van der Waals surface area contributed by atoms with Crippen LogP contribution in [0.5, 0.6) is 0 Å². The molecule has 3 heteroatoms. The average molecular weight is 215 g/mol. The summed E-state index contributed by atoms with van der Waals surface area (Å²) in [4.78, 5) is 13.6. The van der Waals surface area contributed by atoms with E-state index in [1.807, 2.05) is 11.8 Å². The third-order valence-corrected chi connectivity index (χ3v) is 3.37. The molecule has 2 nitrogen and oxygen atoms in total. The van der Waals surface area contributed by atoms with E-state index in [2.05, 4.69) is 26.5 Å². The van der Waals surface area contributed by atoms with E-state index in [9.17, 15) is 4.79 Å². The molecule has 1 fully saturated rings. The maximum Gasteiger partial charge on any atom is 0.235 e. The quantitative estimate of drug-likeness (QED) is 0.700. The number of amides is 1. The van der Waals surface area contributed by atoms with Crippen LogP contribution in [0.25, 0.3) is 0 Å². The Balaban J connectivity index is 2.39. The Kier molecular flexibility index (Phi) is 4.30. The van der Waals surface area contributed by atoms with Crippen LogP contribution in [0, 0.1) is 11.8 Å². The van der Waals surface area contributed by atoms with E-state index >= 15 is 0 Å². The van der Waals surface area contributed by atoms with Gasteiger partial charge in [-0.2, -0.15) is 12.6 Å². The van der Waals surface area contributed by atoms with Gasteiger partial charge in [0.25, 0.3) is 0 Å². The van der Waals surface area contributed by atoms with Crippen LogP contribution in [0.1, 0.15) is 33.6 Å². The molecule has 0 N–H and O–H groups in total. The summed E-state index contributed by atoms with van der Waals surface area (Å²) in [5.41, 5.74) is 0.